The summed E-state index contributed by atoms with van der Waals surface area (Å²) < 4.78 is 33.5. The van der Waals surface area contributed by atoms with Gasteiger partial charge in [0.1, 0.15) is 4.88 Å². The van der Waals surface area contributed by atoms with E-state index in [-0.39, 0.29) is 16.0 Å². The molecule has 0 aliphatic carbocycles. The van der Waals surface area contributed by atoms with Gasteiger partial charge >= 0.3 is 5.97 Å². The molecule has 7 heteroatoms. The van der Waals surface area contributed by atoms with Crippen LogP contribution >= 0.6 is 22.9 Å². The second kappa shape index (κ2) is 5.79. The molecule has 0 fully saturated rings. The SMILES string of the molecule is COc1c(F)ccc(-c2c(C(=O)O)sc3cc(Cl)ccc23)c1F. The first-order chi connectivity index (χ1) is 10.9. The molecule has 1 N–H and O–H groups in total. The molecule has 0 spiro atoms. The Kier molecular flexibility index (Phi) is 3.95. The van der Waals surface area contributed by atoms with Gasteiger partial charge in [0, 0.05) is 26.2 Å². The molecule has 2 aromatic carbocycles. The Morgan fingerprint density at radius 3 is 2.65 bits per heavy atom. The highest BCUT2D eigenvalue weighted by molar-refractivity contribution is 7.21. The summed E-state index contributed by atoms with van der Waals surface area (Å²) in [6, 6.07) is 7.06. The molecule has 0 radical (unpaired) electrons. The van der Waals surface area contributed by atoms with Gasteiger partial charge in [-0.25, -0.2) is 13.6 Å². The van der Waals surface area contributed by atoms with Crippen LogP contribution in [-0.2, 0) is 0 Å². The topological polar surface area (TPSA) is 46.5 Å². The zero-order chi connectivity index (χ0) is 16.7. The summed E-state index contributed by atoms with van der Waals surface area (Å²) in [5.41, 5.74) is 0.152. The molecule has 3 aromatic rings. The summed E-state index contributed by atoms with van der Waals surface area (Å²) in [4.78, 5) is 11.5. The average molecular weight is 355 g/mol. The van der Waals surface area contributed by atoms with Crippen molar-refractivity contribution in [2.75, 3.05) is 7.11 Å². The number of aromatic carboxylic acids is 1. The van der Waals surface area contributed by atoms with Gasteiger partial charge in [0.2, 0.25) is 0 Å². The number of hydrogen-bond acceptors (Lipinski definition) is 3. The molecule has 0 bridgehead atoms. The van der Waals surface area contributed by atoms with Crippen LogP contribution in [0.2, 0.25) is 5.02 Å². The number of carboxylic acids is 1. The van der Waals surface area contributed by atoms with Crippen LogP contribution in [0.5, 0.6) is 5.75 Å². The lowest BCUT2D eigenvalue weighted by atomic mass is 10.0. The number of carboxylic acid groups (broad SMARTS) is 1. The molecule has 23 heavy (non-hydrogen) atoms. The standard InChI is InChI=1S/C16H9ClF2O3S/c1-22-14-10(18)5-4-9(13(14)19)12-8-3-2-7(17)6-11(8)23-15(12)16(20)21/h2-6H,1H3,(H,20,21). The monoisotopic (exact) mass is 354 g/mol. The van der Waals surface area contributed by atoms with Gasteiger partial charge in [0.15, 0.2) is 17.4 Å². The molecule has 1 aromatic heterocycles. The molecule has 0 aliphatic heterocycles. The highest BCUT2D eigenvalue weighted by Gasteiger charge is 2.24. The third-order valence-corrected chi connectivity index (χ3v) is 4.74. The van der Waals surface area contributed by atoms with Crippen LogP contribution in [0.1, 0.15) is 9.67 Å². The summed E-state index contributed by atoms with van der Waals surface area (Å²) in [6.07, 6.45) is 0. The molecule has 0 atom stereocenters. The van der Waals surface area contributed by atoms with Crippen molar-refractivity contribution in [1.82, 2.24) is 0 Å². The molecule has 118 valence electrons. The fraction of sp³-hybridized carbons (Fsp3) is 0.0625. The van der Waals surface area contributed by atoms with Crippen molar-refractivity contribution in [2.24, 2.45) is 0 Å². The summed E-state index contributed by atoms with van der Waals surface area (Å²) in [6.45, 7) is 0. The second-order valence-electron chi connectivity index (χ2n) is 4.69. The van der Waals surface area contributed by atoms with E-state index < -0.39 is 23.4 Å². The lowest BCUT2D eigenvalue weighted by molar-refractivity contribution is 0.0703. The number of rotatable bonds is 3. The molecule has 0 unspecified atom stereocenters. The predicted molar refractivity (Wildman–Crippen MR) is 85.7 cm³/mol. The van der Waals surface area contributed by atoms with Crippen molar-refractivity contribution in [1.29, 1.82) is 0 Å². The molecule has 3 rings (SSSR count). The smallest absolute Gasteiger partial charge is 0.346 e. The third-order valence-electron chi connectivity index (χ3n) is 3.37. The van der Waals surface area contributed by atoms with Crippen LogP contribution in [0.3, 0.4) is 0 Å². The molecular weight excluding hydrogens is 346 g/mol. The van der Waals surface area contributed by atoms with Gasteiger partial charge in [-0.1, -0.05) is 17.7 Å². The van der Waals surface area contributed by atoms with Crippen molar-refractivity contribution in [2.45, 2.75) is 0 Å². The van der Waals surface area contributed by atoms with Crippen LogP contribution in [0.15, 0.2) is 30.3 Å². The number of fused-ring (bicyclic) bond motifs is 1. The average Bonchev–Trinajstić information content (AvgIpc) is 2.86. The highest BCUT2D eigenvalue weighted by atomic mass is 35.5. The maximum atomic E-state index is 14.6. The first-order valence-corrected chi connectivity index (χ1v) is 7.61. The lowest BCUT2D eigenvalue weighted by Crippen LogP contribution is -1.99. The van der Waals surface area contributed by atoms with E-state index in [1.54, 1.807) is 18.2 Å². The van der Waals surface area contributed by atoms with E-state index >= 15 is 0 Å². The fourth-order valence-electron chi connectivity index (χ4n) is 2.40. The molecular formula is C16H9ClF2O3S. The highest BCUT2D eigenvalue weighted by Crippen LogP contribution is 2.42. The van der Waals surface area contributed by atoms with Gasteiger partial charge in [0.05, 0.1) is 7.11 Å². The van der Waals surface area contributed by atoms with Gasteiger partial charge in [-0.05, 0) is 24.3 Å². The van der Waals surface area contributed by atoms with Crippen molar-refractivity contribution in [3.63, 3.8) is 0 Å². The first-order valence-electron chi connectivity index (χ1n) is 6.41. The number of ether oxygens (including phenoxy) is 1. The quantitative estimate of drug-likeness (QED) is 0.702. The van der Waals surface area contributed by atoms with E-state index in [9.17, 15) is 18.7 Å². The normalized spacial score (nSPS) is 11.0. The molecule has 0 aliphatic rings. The zero-order valence-corrected chi connectivity index (χ0v) is 13.3. The van der Waals surface area contributed by atoms with E-state index in [4.69, 9.17) is 16.3 Å². The first kappa shape index (κ1) is 15.7. The van der Waals surface area contributed by atoms with Crippen LogP contribution < -0.4 is 4.74 Å². The summed E-state index contributed by atoms with van der Waals surface area (Å²) in [7, 11) is 1.15. The Morgan fingerprint density at radius 1 is 1.26 bits per heavy atom. The Morgan fingerprint density at radius 2 is 2.00 bits per heavy atom. The van der Waals surface area contributed by atoms with Crippen LogP contribution in [-0.4, -0.2) is 18.2 Å². The van der Waals surface area contributed by atoms with Crippen LogP contribution in [0.25, 0.3) is 21.2 Å². The minimum absolute atomic E-state index is 0.0331. The van der Waals surface area contributed by atoms with Crippen molar-refractivity contribution < 1.29 is 23.4 Å². The Balaban J connectivity index is 2.40. The van der Waals surface area contributed by atoms with E-state index in [0.717, 1.165) is 24.5 Å². The van der Waals surface area contributed by atoms with Gasteiger partial charge < -0.3 is 9.84 Å². The second-order valence-corrected chi connectivity index (χ2v) is 6.18. The van der Waals surface area contributed by atoms with Crippen molar-refractivity contribution in [3.05, 3.63) is 51.9 Å². The molecule has 0 saturated carbocycles. The number of hydrogen-bond donors (Lipinski definition) is 1. The lowest BCUT2D eigenvalue weighted by Gasteiger charge is -2.09. The van der Waals surface area contributed by atoms with Gasteiger partial charge in [-0.15, -0.1) is 11.3 Å². The van der Waals surface area contributed by atoms with E-state index in [2.05, 4.69) is 0 Å². The number of carbonyl (C=O) groups is 1. The zero-order valence-electron chi connectivity index (χ0n) is 11.7. The maximum absolute atomic E-state index is 14.6. The molecule has 3 nitrogen and oxygen atoms in total. The number of thiophene rings is 1. The van der Waals surface area contributed by atoms with Crippen LogP contribution in [0, 0.1) is 11.6 Å². The third kappa shape index (κ3) is 2.54. The summed E-state index contributed by atoms with van der Waals surface area (Å²) in [5, 5.41) is 10.4. The number of halogens is 3. The van der Waals surface area contributed by atoms with E-state index in [0.29, 0.717) is 15.1 Å². The predicted octanol–water partition coefficient (Wildman–Crippen LogP) is 5.21. The Labute approximate surface area is 138 Å². The van der Waals surface area contributed by atoms with Crippen LogP contribution in [0.4, 0.5) is 8.78 Å². The van der Waals surface area contributed by atoms with Crippen molar-refractivity contribution in [3.8, 4) is 16.9 Å². The molecule has 1 heterocycles. The van der Waals surface area contributed by atoms with Gasteiger partial charge in [-0.3, -0.25) is 0 Å². The van der Waals surface area contributed by atoms with Crippen molar-refractivity contribution >= 4 is 39.0 Å². The minimum Gasteiger partial charge on any atom is -0.491 e. The minimum atomic E-state index is -1.19. The Bertz CT molecular complexity index is 937. The largest absolute Gasteiger partial charge is 0.491 e. The molecule has 0 amide bonds. The fourth-order valence-corrected chi connectivity index (χ4v) is 3.73. The molecule has 0 saturated heterocycles. The number of benzene rings is 2. The van der Waals surface area contributed by atoms with E-state index in [1.807, 2.05) is 0 Å². The Hall–Kier alpha value is -2.18. The van der Waals surface area contributed by atoms with Gasteiger partial charge in [-0.2, -0.15) is 0 Å². The summed E-state index contributed by atoms with van der Waals surface area (Å²) in [5.74, 6) is -3.54. The number of methoxy groups -OCH3 is 1. The van der Waals surface area contributed by atoms with Gasteiger partial charge in [0.25, 0.3) is 0 Å². The van der Waals surface area contributed by atoms with E-state index in [1.165, 1.54) is 6.07 Å². The maximum Gasteiger partial charge on any atom is 0.346 e. The summed E-state index contributed by atoms with van der Waals surface area (Å²) >= 11 is 6.90.